The fraction of sp³-hybridized carbons (Fsp3) is 0.750. The van der Waals surface area contributed by atoms with Gasteiger partial charge in [0.15, 0.2) is 0 Å². The number of rotatable bonds is 17. The molecule has 0 aliphatic rings. The highest BCUT2D eigenvalue weighted by molar-refractivity contribution is 7.98. The molecule has 23 heavy (non-hydrogen) atoms. The van der Waals surface area contributed by atoms with Gasteiger partial charge < -0.3 is 5.11 Å². The van der Waals surface area contributed by atoms with E-state index in [1.54, 1.807) is 0 Å². The molecule has 3 heteroatoms. The first-order valence-corrected chi connectivity index (χ1v) is 10.7. The minimum atomic E-state index is -0.670. The van der Waals surface area contributed by atoms with Crippen LogP contribution in [0.5, 0.6) is 0 Å². The van der Waals surface area contributed by atoms with Crippen LogP contribution in [0.3, 0.4) is 0 Å². The Morgan fingerprint density at radius 3 is 1.87 bits per heavy atom. The summed E-state index contributed by atoms with van der Waals surface area (Å²) in [5.74, 6) is 0.639. The number of aliphatic carboxylic acids is 1. The van der Waals surface area contributed by atoms with Crippen molar-refractivity contribution in [3.63, 3.8) is 0 Å². The minimum absolute atomic E-state index is 0.323. The summed E-state index contributed by atoms with van der Waals surface area (Å²) < 4.78 is 0. The van der Waals surface area contributed by atoms with E-state index >= 15 is 0 Å². The molecule has 0 aliphatic heterocycles. The molecule has 2 nitrogen and oxygen atoms in total. The molecular weight excluding hydrogens is 304 g/mol. The molecule has 0 unspecified atom stereocenters. The van der Waals surface area contributed by atoms with E-state index in [1.165, 1.54) is 50.7 Å². The predicted molar refractivity (Wildman–Crippen MR) is 104 cm³/mol. The lowest BCUT2D eigenvalue weighted by Crippen LogP contribution is -1.93. The number of hydrogen-bond acceptors (Lipinski definition) is 2. The van der Waals surface area contributed by atoms with Crippen LogP contribution in [-0.2, 0) is 4.79 Å². The lowest BCUT2D eigenvalue weighted by molar-refractivity contribution is -0.137. The van der Waals surface area contributed by atoms with Crippen molar-refractivity contribution in [2.45, 2.75) is 83.5 Å². The zero-order chi connectivity index (χ0) is 17.0. The number of carboxylic acids is 1. The van der Waals surface area contributed by atoms with Crippen LogP contribution in [0.1, 0.15) is 83.5 Å². The highest BCUT2D eigenvalue weighted by Crippen LogP contribution is 2.08. The average molecular weight is 341 g/mol. The number of hydrogen-bond donors (Lipinski definition) is 1. The summed E-state index contributed by atoms with van der Waals surface area (Å²) in [6.07, 6.45) is 26.0. The molecule has 134 valence electrons. The molecule has 0 bridgehead atoms. The summed E-state index contributed by atoms with van der Waals surface area (Å²) in [5, 5.41) is 8.53. The second-order valence-corrected chi connectivity index (χ2v) is 7.06. The molecule has 0 rings (SSSR count). The number of unbranched alkanes of at least 4 members (excludes halogenated alkanes) is 9. The van der Waals surface area contributed by atoms with Crippen LogP contribution < -0.4 is 0 Å². The van der Waals surface area contributed by atoms with Crippen LogP contribution in [0, 0.1) is 0 Å². The summed E-state index contributed by atoms with van der Waals surface area (Å²) in [6, 6.07) is 0. The maximum atomic E-state index is 10.4. The van der Waals surface area contributed by atoms with Gasteiger partial charge >= 0.3 is 5.97 Å². The molecule has 0 saturated heterocycles. The van der Waals surface area contributed by atoms with Gasteiger partial charge in [-0.05, 0) is 57.0 Å². The molecule has 1 N–H and O–H groups in total. The van der Waals surface area contributed by atoms with Crippen LogP contribution in [-0.4, -0.2) is 23.1 Å². The van der Waals surface area contributed by atoms with Gasteiger partial charge in [0, 0.05) is 6.42 Å². The Hall–Kier alpha value is -0.700. The quantitative estimate of drug-likeness (QED) is 0.239. The average Bonchev–Trinajstić information content (AvgIpc) is 2.53. The van der Waals surface area contributed by atoms with E-state index in [0.29, 0.717) is 6.42 Å². The number of carbonyl (C=O) groups is 1. The van der Waals surface area contributed by atoms with Crippen LogP contribution in [0.15, 0.2) is 24.3 Å². The standard InChI is InChI=1S/C20H36O2S/c1-23-19-17-15-13-11-9-7-5-3-2-4-6-8-10-12-14-16-18-20(21)22/h2,4-5,7H,3,6,8-19H2,1H3,(H,21,22). The zero-order valence-corrected chi connectivity index (χ0v) is 15.8. The summed E-state index contributed by atoms with van der Waals surface area (Å²) in [7, 11) is 0. The fourth-order valence-corrected chi connectivity index (χ4v) is 2.93. The van der Waals surface area contributed by atoms with Crippen molar-refractivity contribution in [3.05, 3.63) is 24.3 Å². The van der Waals surface area contributed by atoms with Gasteiger partial charge in [-0.1, -0.05) is 56.4 Å². The van der Waals surface area contributed by atoms with Gasteiger partial charge in [-0.2, -0.15) is 11.8 Å². The SMILES string of the molecule is CSCCCCCCC=CCC=CCCCCCCCC(=O)O. The maximum Gasteiger partial charge on any atom is 0.303 e. The van der Waals surface area contributed by atoms with E-state index in [-0.39, 0.29) is 0 Å². The van der Waals surface area contributed by atoms with E-state index in [0.717, 1.165) is 32.1 Å². The second kappa shape index (κ2) is 19.3. The predicted octanol–water partition coefficient (Wildman–Crippen LogP) is 6.62. The van der Waals surface area contributed by atoms with Crippen LogP contribution >= 0.6 is 11.8 Å². The fourth-order valence-electron chi connectivity index (χ4n) is 2.44. The Kier molecular flexibility index (Phi) is 18.8. The minimum Gasteiger partial charge on any atom is -0.481 e. The molecule has 0 spiro atoms. The van der Waals surface area contributed by atoms with Crippen LogP contribution in [0.4, 0.5) is 0 Å². The number of thioether (sulfide) groups is 1. The third-order valence-electron chi connectivity index (χ3n) is 3.84. The van der Waals surface area contributed by atoms with Crippen molar-refractivity contribution >= 4 is 17.7 Å². The molecule has 0 amide bonds. The smallest absolute Gasteiger partial charge is 0.303 e. The second-order valence-electron chi connectivity index (χ2n) is 6.07. The zero-order valence-electron chi connectivity index (χ0n) is 15.0. The van der Waals surface area contributed by atoms with Crippen molar-refractivity contribution in [1.29, 1.82) is 0 Å². The lowest BCUT2D eigenvalue weighted by Gasteiger charge is -1.98. The van der Waals surface area contributed by atoms with E-state index in [9.17, 15) is 4.79 Å². The third-order valence-corrected chi connectivity index (χ3v) is 4.53. The van der Waals surface area contributed by atoms with E-state index < -0.39 is 5.97 Å². The summed E-state index contributed by atoms with van der Waals surface area (Å²) in [5.41, 5.74) is 0. The van der Waals surface area contributed by atoms with Gasteiger partial charge in [-0.15, -0.1) is 0 Å². The first kappa shape index (κ1) is 22.3. The van der Waals surface area contributed by atoms with Crippen molar-refractivity contribution in [2.24, 2.45) is 0 Å². The van der Waals surface area contributed by atoms with Gasteiger partial charge in [0.2, 0.25) is 0 Å². The molecule has 0 aliphatic carbocycles. The highest BCUT2D eigenvalue weighted by atomic mass is 32.2. The largest absolute Gasteiger partial charge is 0.481 e. The normalized spacial score (nSPS) is 11.7. The van der Waals surface area contributed by atoms with Crippen LogP contribution in [0.25, 0.3) is 0 Å². The molecular formula is C20H36O2S. The molecule has 0 aromatic rings. The number of carboxylic acid groups (broad SMARTS) is 1. The Bertz CT molecular complexity index is 311. The van der Waals surface area contributed by atoms with Crippen molar-refractivity contribution in [2.75, 3.05) is 12.0 Å². The molecule has 0 radical (unpaired) electrons. The molecule has 0 aromatic heterocycles. The van der Waals surface area contributed by atoms with E-state index in [1.807, 2.05) is 11.8 Å². The Morgan fingerprint density at radius 1 is 0.783 bits per heavy atom. The summed E-state index contributed by atoms with van der Waals surface area (Å²) >= 11 is 1.95. The lowest BCUT2D eigenvalue weighted by atomic mass is 10.1. The third kappa shape index (κ3) is 21.3. The van der Waals surface area contributed by atoms with Gasteiger partial charge in [0.05, 0.1) is 0 Å². The van der Waals surface area contributed by atoms with E-state index in [4.69, 9.17) is 5.11 Å². The maximum absolute atomic E-state index is 10.4. The molecule has 0 fully saturated rings. The number of allylic oxidation sites excluding steroid dienone is 4. The Morgan fingerprint density at radius 2 is 1.30 bits per heavy atom. The monoisotopic (exact) mass is 340 g/mol. The molecule has 0 saturated carbocycles. The molecule has 0 heterocycles. The van der Waals surface area contributed by atoms with Gasteiger partial charge in [-0.3, -0.25) is 4.79 Å². The topological polar surface area (TPSA) is 37.3 Å². The highest BCUT2D eigenvalue weighted by Gasteiger charge is 1.95. The first-order valence-electron chi connectivity index (χ1n) is 9.28. The summed E-state index contributed by atoms with van der Waals surface area (Å²) in [4.78, 5) is 10.4. The van der Waals surface area contributed by atoms with Crippen molar-refractivity contribution < 1.29 is 9.90 Å². The van der Waals surface area contributed by atoms with Gasteiger partial charge in [-0.25, -0.2) is 0 Å². The van der Waals surface area contributed by atoms with Crippen molar-refractivity contribution in [3.8, 4) is 0 Å². The molecule has 0 atom stereocenters. The van der Waals surface area contributed by atoms with Crippen LogP contribution in [0.2, 0.25) is 0 Å². The summed E-state index contributed by atoms with van der Waals surface area (Å²) in [6.45, 7) is 0. The Balaban J connectivity index is 3.18. The Labute approximate surface area is 147 Å². The van der Waals surface area contributed by atoms with Gasteiger partial charge in [0.25, 0.3) is 0 Å². The van der Waals surface area contributed by atoms with Crippen molar-refractivity contribution in [1.82, 2.24) is 0 Å². The first-order chi connectivity index (χ1) is 11.3. The van der Waals surface area contributed by atoms with Gasteiger partial charge in [0.1, 0.15) is 0 Å². The molecule has 0 aromatic carbocycles. The van der Waals surface area contributed by atoms with E-state index in [2.05, 4.69) is 30.6 Å².